The number of hydrogen-bond donors (Lipinski definition) is 1. The lowest BCUT2D eigenvalue weighted by atomic mass is 10.0. The lowest BCUT2D eigenvalue weighted by molar-refractivity contribution is 0.171. The van der Waals surface area contributed by atoms with Crippen molar-refractivity contribution in [1.29, 1.82) is 0 Å². The van der Waals surface area contributed by atoms with E-state index in [-0.39, 0.29) is 11.9 Å². The van der Waals surface area contributed by atoms with Gasteiger partial charge in [0.15, 0.2) is 0 Å². The number of aliphatic hydroxyl groups is 1. The van der Waals surface area contributed by atoms with E-state index in [0.717, 1.165) is 11.4 Å². The van der Waals surface area contributed by atoms with Gasteiger partial charge in [-0.15, -0.1) is 0 Å². The third kappa shape index (κ3) is 2.95. The molecular formula is C15H17ClFN3O. The molecule has 1 fully saturated rings. The molecule has 0 unspecified atom stereocenters. The Kier molecular flexibility index (Phi) is 3.97. The Morgan fingerprint density at radius 1 is 1.48 bits per heavy atom. The predicted octanol–water partition coefficient (Wildman–Crippen LogP) is 2.52. The van der Waals surface area contributed by atoms with Crippen molar-refractivity contribution in [2.75, 3.05) is 6.54 Å². The van der Waals surface area contributed by atoms with Gasteiger partial charge in [0.1, 0.15) is 16.8 Å². The second kappa shape index (κ2) is 5.75. The van der Waals surface area contributed by atoms with Gasteiger partial charge in [-0.2, -0.15) is 0 Å². The maximum Gasteiger partial charge on any atom is 0.128 e. The Labute approximate surface area is 127 Å². The van der Waals surface area contributed by atoms with E-state index in [0.29, 0.717) is 24.7 Å². The fraction of sp³-hybridized carbons (Fsp3) is 0.400. The molecule has 0 amide bonds. The zero-order chi connectivity index (χ0) is 15.0. The molecule has 112 valence electrons. The molecule has 2 atom stereocenters. The van der Waals surface area contributed by atoms with Crippen molar-refractivity contribution in [2.24, 2.45) is 7.05 Å². The Morgan fingerprint density at radius 2 is 2.29 bits per heavy atom. The van der Waals surface area contributed by atoms with E-state index in [2.05, 4.69) is 9.88 Å². The van der Waals surface area contributed by atoms with E-state index in [1.165, 1.54) is 12.1 Å². The van der Waals surface area contributed by atoms with E-state index >= 15 is 0 Å². The SMILES string of the molecule is Cn1c(Cl)cnc1CN1C[C@@H](O)C[C@@H]1c1cccc(F)c1. The summed E-state index contributed by atoms with van der Waals surface area (Å²) in [4.78, 5) is 6.39. The quantitative estimate of drug-likeness (QED) is 0.947. The van der Waals surface area contributed by atoms with Crippen LogP contribution in [0.2, 0.25) is 5.15 Å². The van der Waals surface area contributed by atoms with Crippen LogP contribution < -0.4 is 0 Å². The molecule has 1 N–H and O–H groups in total. The molecule has 4 nitrogen and oxygen atoms in total. The fourth-order valence-corrected chi connectivity index (χ4v) is 3.01. The summed E-state index contributed by atoms with van der Waals surface area (Å²) in [6.07, 6.45) is 1.80. The highest BCUT2D eigenvalue weighted by molar-refractivity contribution is 6.29. The first-order chi connectivity index (χ1) is 10.0. The monoisotopic (exact) mass is 309 g/mol. The normalized spacial score (nSPS) is 22.9. The summed E-state index contributed by atoms with van der Waals surface area (Å²) in [6.45, 7) is 1.12. The smallest absolute Gasteiger partial charge is 0.128 e. The van der Waals surface area contributed by atoms with Gasteiger partial charge in [-0.25, -0.2) is 9.37 Å². The molecule has 0 aliphatic carbocycles. The summed E-state index contributed by atoms with van der Waals surface area (Å²) in [5.41, 5.74) is 0.881. The first kappa shape index (κ1) is 14.5. The van der Waals surface area contributed by atoms with Gasteiger partial charge in [-0.05, 0) is 24.1 Å². The zero-order valence-electron chi connectivity index (χ0n) is 11.7. The van der Waals surface area contributed by atoms with Crippen molar-refractivity contribution >= 4 is 11.6 Å². The highest BCUT2D eigenvalue weighted by Crippen LogP contribution is 2.33. The van der Waals surface area contributed by atoms with Crippen molar-refractivity contribution in [2.45, 2.75) is 25.1 Å². The number of aromatic nitrogens is 2. The molecule has 0 bridgehead atoms. The molecule has 2 heterocycles. The van der Waals surface area contributed by atoms with Crippen LogP contribution in [-0.2, 0) is 13.6 Å². The second-order valence-electron chi connectivity index (χ2n) is 5.45. The molecule has 2 aromatic rings. The molecule has 1 aromatic heterocycles. The van der Waals surface area contributed by atoms with Crippen LogP contribution in [0.4, 0.5) is 4.39 Å². The lowest BCUT2D eigenvalue weighted by Crippen LogP contribution is -2.26. The Balaban J connectivity index is 1.84. The van der Waals surface area contributed by atoms with Crippen molar-refractivity contribution in [3.05, 3.63) is 52.8 Å². The van der Waals surface area contributed by atoms with Gasteiger partial charge >= 0.3 is 0 Å². The summed E-state index contributed by atoms with van der Waals surface area (Å²) in [6, 6.07) is 6.54. The van der Waals surface area contributed by atoms with Gasteiger partial charge in [-0.1, -0.05) is 23.7 Å². The van der Waals surface area contributed by atoms with Gasteiger partial charge in [0.05, 0.1) is 18.8 Å². The van der Waals surface area contributed by atoms with Crippen molar-refractivity contribution < 1.29 is 9.50 Å². The average molecular weight is 310 g/mol. The summed E-state index contributed by atoms with van der Waals surface area (Å²) < 4.78 is 15.2. The minimum absolute atomic E-state index is 0.00817. The van der Waals surface area contributed by atoms with E-state index in [1.54, 1.807) is 12.3 Å². The van der Waals surface area contributed by atoms with Crippen LogP contribution >= 0.6 is 11.6 Å². The maximum absolute atomic E-state index is 13.4. The van der Waals surface area contributed by atoms with Gasteiger partial charge in [0.25, 0.3) is 0 Å². The van der Waals surface area contributed by atoms with Crippen LogP contribution in [0.5, 0.6) is 0 Å². The molecule has 0 spiro atoms. The van der Waals surface area contributed by atoms with E-state index in [4.69, 9.17) is 11.6 Å². The van der Waals surface area contributed by atoms with E-state index in [9.17, 15) is 9.50 Å². The topological polar surface area (TPSA) is 41.3 Å². The molecule has 6 heteroatoms. The lowest BCUT2D eigenvalue weighted by Gasteiger charge is -2.24. The molecule has 3 rings (SSSR count). The van der Waals surface area contributed by atoms with Gasteiger partial charge in [0.2, 0.25) is 0 Å². The predicted molar refractivity (Wildman–Crippen MR) is 78.4 cm³/mol. The Morgan fingerprint density at radius 3 is 2.95 bits per heavy atom. The number of halogens is 2. The fourth-order valence-electron chi connectivity index (χ4n) is 2.87. The number of likely N-dealkylation sites (tertiary alicyclic amines) is 1. The van der Waals surface area contributed by atoms with Crippen LogP contribution in [-0.4, -0.2) is 32.2 Å². The van der Waals surface area contributed by atoms with Gasteiger partial charge < -0.3 is 9.67 Å². The number of benzene rings is 1. The number of nitrogens with zero attached hydrogens (tertiary/aromatic N) is 3. The number of hydrogen-bond acceptors (Lipinski definition) is 3. The first-order valence-electron chi connectivity index (χ1n) is 6.88. The summed E-state index contributed by atoms with van der Waals surface area (Å²) in [7, 11) is 1.86. The molecular weight excluding hydrogens is 293 g/mol. The molecule has 0 saturated carbocycles. The van der Waals surface area contributed by atoms with E-state index < -0.39 is 6.10 Å². The number of rotatable bonds is 3. The minimum Gasteiger partial charge on any atom is -0.392 e. The highest BCUT2D eigenvalue weighted by atomic mass is 35.5. The molecule has 1 saturated heterocycles. The number of β-amino-alcohol motifs (C(OH)–C–C–N with tert-alkyl or cyclic N) is 1. The maximum atomic E-state index is 13.4. The third-order valence-corrected chi connectivity index (χ3v) is 4.34. The average Bonchev–Trinajstić information content (AvgIpc) is 2.96. The number of imidazole rings is 1. The van der Waals surface area contributed by atoms with E-state index in [1.807, 2.05) is 17.7 Å². The second-order valence-corrected chi connectivity index (χ2v) is 5.83. The van der Waals surface area contributed by atoms with Crippen LogP contribution in [0.15, 0.2) is 30.5 Å². The molecule has 21 heavy (non-hydrogen) atoms. The molecule has 1 aliphatic heterocycles. The standard InChI is InChI=1S/C15H17ClFN3O/c1-19-14(16)7-18-15(19)9-20-8-12(21)6-13(20)10-3-2-4-11(17)5-10/h2-5,7,12-13,21H,6,8-9H2,1H3/t12-,13+/m0/s1. The largest absolute Gasteiger partial charge is 0.392 e. The Bertz CT molecular complexity index is 646. The molecule has 1 aromatic carbocycles. The van der Waals surface area contributed by atoms with Crippen LogP contribution in [0.3, 0.4) is 0 Å². The minimum atomic E-state index is -0.408. The molecule has 1 aliphatic rings. The molecule has 0 radical (unpaired) electrons. The summed E-state index contributed by atoms with van der Waals surface area (Å²) >= 11 is 6.00. The van der Waals surface area contributed by atoms with Crippen LogP contribution in [0.25, 0.3) is 0 Å². The highest BCUT2D eigenvalue weighted by Gasteiger charge is 2.32. The van der Waals surface area contributed by atoms with Crippen molar-refractivity contribution in [3.63, 3.8) is 0 Å². The number of aliphatic hydroxyl groups excluding tert-OH is 1. The van der Waals surface area contributed by atoms with Crippen molar-refractivity contribution in [1.82, 2.24) is 14.5 Å². The first-order valence-corrected chi connectivity index (χ1v) is 7.26. The van der Waals surface area contributed by atoms with Gasteiger partial charge in [-0.3, -0.25) is 4.90 Å². The third-order valence-electron chi connectivity index (χ3n) is 3.99. The zero-order valence-corrected chi connectivity index (χ0v) is 12.5. The Hall–Kier alpha value is -1.43. The van der Waals surface area contributed by atoms with Crippen LogP contribution in [0, 0.1) is 5.82 Å². The van der Waals surface area contributed by atoms with Gasteiger partial charge in [0, 0.05) is 19.6 Å². The summed E-state index contributed by atoms with van der Waals surface area (Å²) in [5, 5.41) is 10.5. The summed E-state index contributed by atoms with van der Waals surface area (Å²) in [5.74, 6) is 0.573. The van der Waals surface area contributed by atoms with Crippen molar-refractivity contribution in [3.8, 4) is 0 Å². The van der Waals surface area contributed by atoms with Crippen LogP contribution in [0.1, 0.15) is 23.9 Å².